The zero-order chi connectivity index (χ0) is 16.9. The molecule has 5 nitrogen and oxygen atoms in total. The van der Waals surface area contributed by atoms with Crippen LogP contribution in [-0.2, 0) is 6.42 Å². The second kappa shape index (κ2) is 7.25. The molecular formula is C19H20N2O3. The molecule has 1 N–H and O–H groups in total. The molecule has 3 rings (SSSR count). The van der Waals surface area contributed by atoms with E-state index >= 15 is 0 Å². The second-order valence-corrected chi connectivity index (χ2v) is 5.90. The van der Waals surface area contributed by atoms with Crippen LogP contribution in [0.4, 0.5) is 5.69 Å². The monoisotopic (exact) mass is 324 g/mol. The van der Waals surface area contributed by atoms with Gasteiger partial charge in [0.05, 0.1) is 24.6 Å². The van der Waals surface area contributed by atoms with E-state index in [1.165, 1.54) is 29.6 Å². The molecule has 0 saturated carbocycles. The zero-order valence-corrected chi connectivity index (χ0v) is 13.6. The van der Waals surface area contributed by atoms with Crippen LogP contribution in [0, 0.1) is 0 Å². The number of aromatic nitrogens is 1. The summed E-state index contributed by atoms with van der Waals surface area (Å²) in [6.07, 6.45) is 8.88. The quantitative estimate of drug-likeness (QED) is 0.844. The maximum Gasteiger partial charge on any atom is 0.338 e. The van der Waals surface area contributed by atoms with Gasteiger partial charge >= 0.3 is 5.97 Å². The minimum absolute atomic E-state index is 0.176. The number of aromatic carboxylic acids is 1. The van der Waals surface area contributed by atoms with Gasteiger partial charge in [-0.3, -0.25) is 9.98 Å². The molecule has 1 unspecified atom stereocenters. The minimum atomic E-state index is -0.986. The Labute approximate surface area is 141 Å². The van der Waals surface area contributed by atoms with Crippen molar-refractivity contribution in [1.29, 1.82) is 0 Å². The fourth-order valence-corrected chi connectivity index (χ4v) is 3.21. The number of aryl methyl sites for hydroxylation is 1. The van der Waals surface area contributed by atoms with E-state index < -0.39 is 5.97 Å². The number of carboxylic acids is 1. The molecule has 0 radical (unpaired) electrons. The highest BCUT2D eigenvalue weighted by Gasteiger charge is 2.20. The largest absolute Gasteiger partial charge is 0.497 e. The number of ether oxygens (including phenoxy) is 1. The van der Waals surface area contributed by atoms with Gasteiger partial charge in [-0.1, -0.05) is 6.07 Å². The average Bonchev–Trinajstić information content (AvgIpc) is 2.61. The van der Waals surface area contributed by atoms with Crippen molar-refractivity contribution in [2.75, 3.05) is 7.11 Å². The predicted molar refractivity (Wildman–Crippen MR) is 92.6 cm³/mol. The zero-order valence-electron chi connectivity index (χ0n) is 13.6. The maximum absolute atomic E-state index is 11.2. The molecule has 5 heteroatoms. The fourth-order valence-electron chi connectivity index (χ4n) is 3.21. The third kappa shape index (κ3) is 3.45. The van der Waals surface area contributed by atoms with Crippen LogP contribution in [0.2, 0.25) is 0 Å². The van der Waals surface area contributed by atoms with Gasteiger partial charge in [0.15, 0.2) is 0 Å². The number of nitrogens with zero attached hydrogens (tertiary/aromatic N) is 2. The number of hydrogen-bond acceptors (Lipinski definition) is 4. The first-order valence-electron chi connectivity index (χ1n) is 8.05. The van der Waals surface area contributed by atoms with E-state index in [1.54, 1.807) is 7.11 Å². The third-order valence-corrected chi connectivity index (χ3v) is 4.44. The number of rotatable bonds is 5. The van der Waals surface area contributed by atoms with Gasteiger partial charge in [0.2, 0.25) is 0 Å². The SMILES string of the molecule is COc1ccc2c(c1)CCCC2CC=Nc1cnccc1C(=O)O. The Morgan fingerprint density at radius 2 is 2.33 bits per heavy atom. The normalized spacial score (nSPS) is 16.8. The fraction of sp³-hybridized carbons (Fsp3) is 0.316. The van der Waals surface area contributed by atoms with E-state index in [-0.39, 0.29) is 5.56 Å². The number of aliphatic imine (C=N–C) groups is 1. The number of carboxylic acid groups (broad SMARTS) is 1. The van der Waals surface area contributed by atoms with Gasteiger partial charge in [0, 0.05) is 12.4 Å². The molecule has 0 bridgehead atoms. The first kappa shape index (κ1) is 16.2. The van der Waals surface area contributed by atoms with Crippen LogP contribution in [0.3, 0.4) is 0 Å². The van der Waals surface area contributed by atoms with Crippen LogP contribution >= 0.6 is 0 Å². The van der Waals surface area contributed by atoms with Crippen molar-refractivity contribution in [3.63, 3.8) is 0 Å². The predicted octanol–water partition coefficient (Wildman–Crippen LogP) is 4.00. The van der Waals surface area contributed by atoms with E-state index in [0.29, 0.717) is 11.6 Å². The molecule has 1 aromatic heterocycles. The molecule has 0 amide bonds. The van der Waals surface area contributed by atoms with Crippen LogP contribution < -0.4 is 4.74 Å². The Morgan fingerprint density at radius 3 is 3.12 bits per heavy atom. The van der Waals surface area contributed by atoms with Crippen molar-refractivity contribution in [1.82, 2.24) is 4.98 Å². The Hall–Kier alpha value is -2.69. The highest BCUT2D eigenvalue weighted by Crippen LogP contribution is 2.35. The van der Waals surface area contributed by atoms with Crippen molar-refractivity contribution >= 4 is 17.9 Å². The van der Waals surface area contributed by atoms with Gasteiger partial charge in [-0.2, -0.15) is 0 Å². The molecule has 24 heavy (non-hydrogen) atoms. The summed E-state index contributed by atoms with van der Waals surface area (Å²) in [4.78, 5) is 19.5. The van der Waals surface area contributed by atoms with E-state index in [2.05, 4.69) is 22.1 Å². The molecule has 0 saturated heterocycles. The van der Waals surface area contributed by atoms with Gasteiger partial charge in [0.1, 0.15) is 5.75 Å². The van der Waals surface area contributed by atoms with Crippen LogP contribution in [0.25, 0.3) is 0 Å². The van der Waals surface area contributed by atoms with Crippen molar-refractivity contribution in [3.05, 3.63) is 53.3 Å². The summed E-state index contributed by atoms with van der Waals surface area (Å²) in [6, 6.07) is 7.72. The number of methoxy groups -OCH3 is 1. The van der Waals surface area contributed by atoms with Crippen molar-refractivity contribution in [3.8, 4) is 5.75 Å². The van der Waals surface area contributed by atoms with E-state index in [4.69, 9.17) is 4.74 Å². The topological polar surface area (TPSA) is 71.8 Å². The van der Waals surface area contributed by atoms with Crippen LogP contribution in [0.5, 0.6) is 5.75 Å². The molecule has 1 aromatic carbocycles. The summed E-state index contributed by atoms with van der Waals surface area (Å²) in [5, 5.41) is 9.18. The molecular weight excluding hydrogens is 304 g/mol. The first-order valence-corrected chi connectivity index (χ1v) is 8.05. The van der Waals surface area contributed by atoms with Gasteiger partial charge < -0.3 is 9.84 Å². The molecule has 0 aliphatic heterocycles. The lowest BCUT2D eigenvalue weighted by Gasteiger charge is -2.24. The van der Waals surface area contributed by atoms with Gasteiger partial charge in [0.25, 0.3) is 0 Å². The summed E-state index contributed by atoms with van der Waals surface area (Å²) < 4.78 is 5.30. The first-order chi connectivity index (χ1) is 11.7. The van der Waals surface area contributed by atoms with Crippen LogP contribution in [0.1, 0.15) is 46.7 Å². The Kier molecular flexibility index (Phi) is 4.89. The lowest BCUT2D eigenvalue weighted by Crippen LogP contribution is -2.10. The molecule has 0 fully saturated rings. The number of hydrogen-bond donors (Lipinski definition) is 1. The van der Waals surface area contributed by atoms with Crippen LogP contribution in [-0.4, -0.2) is 29.4 Å². The summed E-state index contributed by atoms with van der Waals surface area (Å²) in [7, 11) is 1.68. The van der Waals surface area contributed by atoms with Crippen molar-refractivity contribution in [2.45, 2.75) is 31.6 Å². The number of carbonyl (C=O) groups is 1. The molecule has 0 spiro atoms. The third-order valence-electron chi connectivity index (χ3n) is 4.44. The second-order valence-electron chi connectivity index (χ2n) is 5.90. The molecule has 1 aliphatic carbocycles. The summed E-state index contributed by atoms with van der Waals surface area (Å²) in [5.74, 6) is 0.317. The molecule has 1 atom stereocenters. The van der Waals surface area contributed by atoms with E-state index in [1.807, 2.05) is 12.3 Å². The lowest BCUT2D eigenvalue weighted by molar-refractivity contribution is 0.0697. The molecule has 1 aliphatic rings. The number of pyridine rings is 1. The number of benzene rings is 1. The van der Waals surface area contributed by atoms with Crippen LogP contribution in [0.15, 0.2) is 41.7 Å². The Balaban J connectivity index is 1.76. The highest BCUT2D eigenvalue weighted by molar-refractivity contribution is 5.93. The minimum Gasteiger partial charge on any atom is -0.497 e. The van der Waals surface area contributed by atoms with Gasteiger partial charge in [-0.05, 0) is 60.9 Å². The Morgan fingerprint density at radius 1 is 1.46 bits per heavy atom. The number of fused-ring (bicyclic) bond motifs is 1. The van der Waals surface area contributed by atoms with Gasteiger partial charge in [-0.25, -0.2) is 4.79 Å². The summed E-state index contributed by atoms with van der Waals surface area (Å²) in [5.41, 5.74) is 3.26. The Bertz CT molecular complexity index is 771. The van der Waals surface area contributed by atoms with Crippen molar-refractivity contribution in [2.24, 2.45) is 4.99 Å². The highest BCUT2D eigenvalue weighted by atomic mass is 16.5. The van der Waals surface area contributed by atoms with E-state index in [9.17, 15) is 9.90 Å². The molecule has 124 valence electrons. The lowest BCUT2D eigenvalue weighted by atomic mass is 9.81. The summed E-state index contributed by atoms with van der Waals surface area (Å²) >= 11 is 0. The maximum atomic E-state index is 11.2. The summed E-state index contributed by atoms with van der Waals surface area (Å²) in [6.45, 7) is 0. The van der Waals surface area contributed by atoms with E-state index in [0.717, 1.165) is 31.4 Å². The van der Waals surface area contributed by atoms with Gasteiger partial charge in [-0.15, -0.1) is 0 Å². The molecule has 2 aromatic rings. The molecule has 1 heterocycles. The smallest absolute Gasteiger partial charge is 0.338 e. The van der Waals surface area contributed by atoms with Crippen molar-refractivity contribution < 1.29 is 14.6 Å². The standard InChI is InChI=1S/C19H20N2O3/c1-24-15-5-6-16-13(3-2-4-14(16)11-15)7-10-21-18-12-20-9-8-17(18)19(22)23/h5-6,8-13H,2-4,7H2,1H3,(H,22,23). The average molecular weight is 324 g/mol.